The highest BCUT2D eigenvalue weighted by molar-refractivity contribution is 5.28. The Hall–Kier alpha value is -0.900. The quantitative estimate of drug-likeness (QED) is 0.744. The maximum absolute atomic E-state index is 6.28. The first-order chi connectivity index (χ1) is 10.3. The van der Waals surface area contributed by atoms with E-state index in [4.69, 9.17) is 9.47 Å². The molecule has 0 aliphatic carbocycles. The fourth-order valence-electron chi connectivity index (χ4n) is 2.78. The second-order valence-corrected chi connectivity index (χ2v) is 5.94. The third-order valence-electron chi connectivity index (χ3n) is 4.17. The van der Waals surface area contributed by atoms with E-state index < -0.39 is 0 Å². The summed E-state index contributed by atoms with van der Waals surface area (Å²) in [5, 5.41) is 3.50. The van der Waals surface area contributed by atoms with Crippen molar-refractivity contribution in [3.05, 3.63) is 35.4 Å². The molecule has 1 heterocycles. The molecule has 0 bridgehead atoms. The highest BCUT2D eigenvalue weighted by Crippen LogP contribution is 2.23. The SMILES string of the molecule is CCCNCC(OCC1CCOCC1)c1ccccc1C. The van der Waals surface area contributed by atoms with Crippen molar-refractivity contribution >= 4 is 0 Å². The standard InChI is InChI=1S/C18H29NO2/c1-3-10-19-13-18(17-7-5-4-6-15(17)2)21-14-16-8-11-20-12-9-16/h4-7,16,18-19H,3,8-14H2,1-2H3. The van der Waals surface area contributed by atoms with Crippen molar-refractivity contribution in [3.8, 4) is 0 Å². The lowest BCUT2D eigenvalue weighted by Gasteiger charge is -2.26. The molecule has 1 N–H and O–H groups in total. The van der Waals surface area contributed by atoms with E-state index in [1.807, 2.05) is 0 Å². The van der Waals surface area contributed by atoms with Crippen LogP contribution in [0.15, 0.2) is 24.3 Å². The van der Waals surface area contributed by atoms with E-state index in [1.54, 1.807) is 0 Å². The number of hydrogen-bond donors (Lipinski definition) is 1. The molecule has 0 aromatic heterocycles. The zero-order valence-corrected chi connectivity index (χ0v) is 13.4. The average molecular weight is 291 g/mol. The molecule has 0 radical (unpaired) electrons. The molecule has 118 valence electrons. The predicted molar refractivity (Wildman–Crippen MR) is 86.6 cm³/mol. The molecule has 1 aliphatic heterocycles. The number of ether oxygens (including phenoxy) is 2. The number of nitrogens with one attached hydrogen (secondary N) is 1. The van der Waals surface area contributed by atoms with E-state index in [9.17, 15) is 0 Å². The van der Waals surface area contributed by atoms with Gasteiger partial charge in [0.05, 0.1) is 12.7 Å². The molecule has 1 aromatic rings. The molecule has 3 nitrogen and oxygen atoms in total. The van der Waals surface area contributed by atoms with E-state index in [2.05, 4.69) is 43.4 Å². The summed E-state index contributed by atoms with van der Waals surface area (Å²) in [6.07, 6.45) is 3.56. The second-order valence-electron chi connectivity index (χ2n) is 5.94. The zero-order chi connectivity index (χ0) is 14.9. The van der Waals surface area contributed by atoms with Gasteiger partial charge in [-0.05, 0) is 49.8 Å². The summed E-state index contributed by atoms with van der Waals surface area (Å²) in [7, 11) is 0. The van der Waals surface area contributed by atoms with Gasteiger partial charge in [0.1, 0.15) is 0 Å². The third-order valence-corrected chi connectivity index (χ3v) is 4.17. The van der Waals surface area contributed by atoms with Crippen molar-refractivity contribution in [2.75, 3.05) is 32.9 Å². The van der Waals surface area contributed by atoms with Crippen LogP contribution in [0.3, 0.4) is 0 Å². The van der Waals surface area contributed by atoms with Gasteiger partial charge in [0, 0.05) is 19.8 Å². The van der Waals surface area contributed by atoms with Crippen LogP contribution in [-0.2, 0) is 9.47 Å². The number of hydrogen-bond acceptors (Lipinski definition) is 3. The maximum Gasteiger partial charge on any atom is 0.0951 e. The molecular formula is C18H29NO2. The first-order valence-corrected chi connectivity index (χ1v) is 8.26. The summed E-state index contributed by atoms with van der Waals surface area (Å²) in [6.45, 7) is 8.91. The Morgan fingerprint density at radius 2 is 2.05 bits per heavy atom. The number of aryl methyl sites for hydroxylation is 1. The van der Waals surface area contributed by atoms with Crippen LogP contribution in [0.1, 0.15) is 43.4 Å². The van der Waals surface area contributed by atoms with Gasteiger partial charge in [0.2, 0.25) is 0 Å². The monoisotopic (exact) mass is 291 g/mol. The molecule has 1 aliphatic rings. The van der Waals surface area contributed by atoms with Crippen LogP contribution >= 0.6 is 0 Å². The van der Waals surface area contributed by atoms with Crippen LogP contribution in [0, 0.1) is 12.8 Å². The summed E-state index contributed by atoms with van der Waals surface area (Å²) in [6, 6.07) is 8.55. The van der Waals surface area contributed by atoms with Crippen molar-refractivity contribution in [2.24, 2.45) is 5.92 Å². The Kier molecular flexibility index (Phi) is 7.20. The molecule has 1 fully saturated rings. The van der Waals surface area contributed by atoms with Gasteiger partial charge in [-0.25, -0.2) is 0 Å². The van der Waals surface area contributed by atoms with E-state index in [-0.39, 0.29) is 6.10 Å². The highest BCUT2D eigenvalue weighted by atomic mass is 16.5. The lowest BCUT2D eigenvalue weighted by atomic mass is 10.0. The van der Waals surface area contributed by atoms with Crippen LogP contribution < -0.4 is 5.32 Å². The second kappa shape index (κ2) is 9.19. The van der Waals surface area contributed by atoms with Crippen molar-refractivity contribution in [1.29, 1.82) is 0 Å². The average Bonchev–Trinajstić information content (AvgIpc) is 2.53. The van der Waals surface area contributed by atoms with Gasteiger partial charge in [0.15, 0.2) is 0 Å². The molecule has 2 rings (SSSR count). The van der Waals surface area contributed by atoms with Crippen LogP contribution in [0.2, 0.25) is 0 Å². The Labute approximate surface area is 129 Å². The first kappa shape index (κ1) is 16.5. The molecule has 0 amide bonds. The first-order valence-electron chi connectivity index (χ1n) is 8.26. The van der Waals surface area contributed by atoms with Crippen LogP contribution in [0.25, 0.3) is 0 Å². The zero-order valence-electron chi connectivity index (χ0n) is 13.4. The Bertz CT molecular complexity index is 402. The fraction of sp³-hybridized carbons (Fsp3) is 0.667. The van der Waals surface area contributed by atoms with E-state index in [0.717, 1.165) is 52.2 Å². The molecule has 1 unspecified atom stereocenters. The number of benzene rings is 1. The lowest BCUT2D eigenvalue weighted by molar-refractivity contribution is -0.0115. The Morgan fingerprint density at radius 1 is 1.29 bits per heavy atom. The predicted octanol–water partition coefficient (Wildman–Crippen LogP) is 3.48. The largest absolute Gasteiger partial charge is 0.381 e. The summed E-state index contributed by atoms with van der Waals surface area (Å²) in [5.41, 5.74) is 2.63. The molecular weight excluding hydrogens is 262 g/mol. The molecule has 1 atom stereocenters. The third kappa shape index (κ3) is 5.42. The normalized spacial score (nSPS) is 17.8. The van der Waals surface area contributed by atoms with Gasteiger partial charge in [-0.2, -0.15) is 0 Å². The van der Waals surface area contributed by atoms with Gasteiger partial charge in [0.25, 0.3) is 0 Å². The maximum atomic E-state index is 6.28. The van der Waals surface area contributed by atoms with Crippen LogP contribution in [0.5, 0.6) is 0 Å². The van der Waals surface area contributed by atoms with Crippen molar-refractivity contribution in [1.82, 2.24) is 5.32 Å². The summed E-state index contributed by atoms with van der Waals surface area (Å²) >= 11 is 0. The Morgan fingerprint density at radius 3 is 2.76 bits per heavy atom. The van der Waals surface area contributed by atoms with E-state index in [1.165, 1.54) is 11.1 Å². The van der Waals surface area contributed by atoms with Crippen LogP contribution in [-0.4, -0.2) is 32.9 Å². The lowest BCUT2D eigenvalue weighted by Crippen LogP contribution is -2.27. The molecule has 21 heavy (non-hydrogen) atoms. The molecule has 1 aromatic carbocycles. The van der Waals surface area contributed by atoms with Gasteiger partial charge in [-0.3, -0.25) is 0 Å². The summed E-state index contributed by atoms with van der Waals surface area (Å²) in [5.74, 6) is 0.649. The topological polar surface area (TPSA) is 30.5 Å². The minimum absolute atomic E-state index is 0.153. The smallest absolute Gasteiger partial charge is 0.0951 e. The van der Waals surface area contributed by atoms with Crippen LogP contribution in [0.4, 0.5) is 0 Å². The summed E-state index contributed by atoms with van der Waals surface area (Å²) < 4.78 is 11.7. The van der Waals surface area contributed by atoms with Crippen molar-refractivity contribution in [2.45, 2.75) is 39.2 Å². The highest BCUT2D eigenvalue weighted by Gasteiger charge is 2.19. The van der Waals surface area contributed by atoms with E-state index in [0.29, 0.717) is 5.92 Å². The summed E-state index contributed by atoms with van der Waals surface area (Å²) in [4.78, 5) is 0. The molecule has 0 spiro atoms. The minimum Gasteiger partial charge on any atom is -0.381 e. The molecule has 0 saturated carbocycles. The van der Waals surface area contributed by atoms with Crippen molar-refractivity contribution in [3.63, 3.8) is 0 Å². The molecule has 3 heteroatoms. The number of rotatable bonds is 8. The van der Waals surface area contributed by atoms with Gasteiger partial charge < -0.3 is 14.8 Å². The van der Waals surface area contributed by atoms with Gasteiger partial charge in [-0.1, -0.05) is 31.2 Å². The fourth-order valence-corrected chi connectivity index (χ4v) is 2.78. The van der Waals surface area contributed by atoms with E-state index >= 15 is 0 Å². The van der Waals surface area contributed by atoms with Gasteiger partial charge >= 0.3 is 0 Å². The minimum atomic E-state index is 0.153. The Balaban J connectivity index is 1.93. The van der Waals surface area contributed by atoms with Crippen molar-refractivity contribution < 1.29 is 9.47 Å². The van der Waals surface area contributed by atoms with Gasteiger partial charge in [-0.15, -0.1) is 0 Å². The molecule has 1 saturated heterocycles.